The average Bonchev–Trinajstić information content (AvgIpc) is 2.48. The van der Waals surface area contributed by atoms with Gasteiger partial charge in [0.2, 0.25) is 0 Å². The van der Waals surface area contributed by atoms with Crippen molar-refractivity contribution in [2.24, 2.45) is 17.3 Å². The van der Waals surface area contributed by atoms with Gasteiger partial charge in [0, 0.05) is 0 Å². The van der Waals surface area contributed by atoms with Gasteiger partial charge in [0.1, 0.15) is 5.75 Å². The van der Waals surface area contributed by atoms with Crippen LogP contribution in [0.4, 0.5) is 0 Å². The standard InChI is InChI=1S/C19H31NO/c1-19(2)12-11-17(14-20-3)16(13-19)8-5-15-6-9-18(21-4)10-7-15/h6-7,9-10,16-17,20H,5,8,11-14H2,1-4H3. The van der Waals surface area contributed by atoms with Crippen LogP contribution in [0, 0.1) is 17.3 Å². The van der Waals surface area contributed by atoms with Crippen LogP contribution < -0.4 is 10.1 Å². The number of benzene rings is 1. The third kappa shape index (κ3) is 4.74. The van der Waals surface area contributed by atoms with E-state index in [2.05, 4.69) is 50.5 Å². The molecule has 0 aromatic heterocycles. The van der Waals surface area contributed by atoms with Crippen LogP contribution in [-0.2, 0) is 6.42 Å². The van der Waals surface area contributed by atoms with Gasteiger partial charge < -0.3 is 10.1 Å². The highest BCUT2D eigenvalue weighted by atomic mass is 16.5. The van der Waals surface area contributed by atoms with Gasteiger partial charge in [-0.15, -0.1) is 0 Å². The lowest BCUT2D eigenvalue weighted by molar-refractivity contribution is 0.111. The number of rotatable bonds is 6. The Hall–Kier alpha value is -1.02. The molecule has 1 saturated carbocycles. The zero-order valence-electron chi connectivity index (χ0n) is 14.1. The normalized spacial score (nSPS) is 24.8. The van der Waals surface area contributed by atoms with Crippen LogP contribution in [0.3, 0.4) is 0 Å². The molecule has 1 aromatic carbocycles. The summed E-state index contributed by atoms with van der Waals surface area (Å²) in [5.41, 5.74) is 1.96. The summed E-state index contributed by atoms with van der Waals surface area (Å²) in [5, 5.41) is 3.39. The molecule has 0 amide bonds. The highest BCUT2D eigenvalue weighted by Crippen LogP contribution is 2.43. The molecule has 2 nitrogen and oxygen atoms in total. The summed E-state index contributed by atoms with van der Waals surface area (Å²) in [7, 11) is 3.81. The third-order valence-electron chi connectivity index (χ3n) is 5.10. The zero-order chi connectivity index (χ0) is 15.3. The average molecular weight is 289 g/mol. The highest BCUT2D eigenvalue weighted by Gasteiger charge is 2.33. The van der Waals surface area contributed by atoms with Gasteiger partial charge in [-0.05, 0) is 80.6 Å². The number of methoxy groups -OCH3 is 1. The molecule has 0 aliphatic heterocycles. The van der Waals surface area contributed by atoms with Crippen molar-refractivity contribution in [3.8, 4) is 5.75 Å². The molecular formula is C19H31NO. The molecule has 1 aliphatic carbocycles. The summed E-state index contributed by atoms with van der Waals surface area (Å²) in [4.78, 5) is 0. The quantitative estimate of drug-likeness (QED) is 0.843. The zero-order valence-corrected chi connectivity index (χ0v) is 14.1. The summed E-state index contributed by atoms with van der Waals surface area (Å²) in [6.07, 6.45) is 6.61. The maximum Gasteiger partial charge on any atom is 0.118 e. The van der Waals surface area contributed by atoms with E-state index in [0.717, 1.165) is 17.6 Å². The van der Waals surface area contributed by atoms with Crippen LogP contribution in [0.5, 0.6) is 5.75 Å². The lowest BCUT2D eigenvalue weighted by Gasteiger charge is -2.41. The van der Waals surface area contributed by atoms with Crippen molar-refractivity contribution in [1.82, 2.24) is 5.32 Å². The van der Waals surface area contributed by atoms with Crippen molar-refractivity contribution in [3.05, 3.63) is 29.8 Å². The Morgan fingerprint density at radius 2 is 1.90 bits per heavy atom. The Balaban J connectivity index is 1.93. The van der Waals surface area contributed by atoms with Crippen molar-refractivity contribution in [1.29, 1.82) is 0 Å². The summed E-state index contributed by atoms with van der Waals surface area (Å²) < 4.78 is 5.23. The van der Waals surface area contributed by atoms with Gasteiger partial charge in [-0.2, -0.15) is 0 Å². The molecule has 0 saturated heterocycles. The molecule has 2 heteroatoms. The van der Waals surface area contributed by atoms with Gasteiger partial charge in [0.05, 0.1) is 7.11 Å². The number of hydrogen-bond acceptors (Lipinski definition) is 2. The molecule has 0 bridgehead atoms. The SMILES string of the molecule is CNCC1CCC(C)(C)CC1CCc1ccc(OC)cc1. The van der Waals surface area contributed by atoms with Gasteiger partial charge >= 0.3 is 0 Å². The minimum absolute atomic E-state index is 0.523. The fraction of sp³-hybridized carbons (Fsp3) is 0.684. The summed E-state index contributed by atoms with van der Waals surface area (Å²) in [6.45, 7) is 6.04. The Morgan fingerprint density at radius 3 is 2.52 bits per heavy atom. The van der Waals surface area contributed by atoms with Gasteiger partial charge in [0.25, 0.3) is 0 Å². The fourth-order valence-electron chi connectivity index (χ4n) is 3.80. The first kappa shape index (κ1) is 16.4. The predicted molar refractivity (Wildman–Crippen MR) is 89.9 cm³/mol. The maximum atomic E-state index is 5.23. The Kier molecular flexibility index (Phi) is 5.69. The van der Waals surface area contributed by atoms with Crippen molar-refractivity contribution >= 4 is 0 Å². The van der Waals surface area contributed by atoms with E-state index in [1.165, 1.54) is 44.2 Å². The monoisotopic (exact) mass is 289 g/mol. The number of nitrogens with one attached hydrogen (secondary N) is 1. The summed E-state index contributed by atoms with van der Waals surface area (Å²) in [5.74, 6) is 2.65. The largest absolute Gasteiger partial charge is 0.497 e. The Morgan fingerprint density at radius 1 is 1.19 bits per heavy atom. The number of aryl methyl sites for hydroxylation is 1. The van der Waals surface area contributed by atoms with E-state index in [0.29, 0.717) is 5.41 Å². The highest BCUT2D eigenvalue weighted by molar-refractivity contribution is 5.27. The molecular weight excluding hydrogens is 258 g/mol. The molecule has 21 heavy (non-hydrogen) atoms. The first-order chi connectivity index (χ1) is 10.0. The van der Waals surface area contributed by atoms with Gasteiger partial charge in [0.15, 0.2) is 0 Å². The van der Waals surface area contributed by atoms with Crippen molar-refractivity contribution < 1.29 is 4.74 Å². The molecule has 0 spiro atoms. The van der Waals surface area contributed by atoms with Gasteiger partial charge in [-0.3, -0.25) is 0 Å². The predicted octanol–water partition coefficient (Wildman–Crippen LogP) is 4.29. The van der Waals surface area contributed by atoms with Crippen LogP contribution in [0.2, 0.25) is 0 Å². The molecule has 118 valence electrons. The van der Waals surface area contributed by atoms with Crippen molar-refractivity contribution in [2.75, 3.05) is 20.7 Å². The van der Waals surface area contributed by atoms with E-state index in [1.807, 2.05) is 0 Å². The minimum atomic E-state index is 0.523. The van der Waals surface area contributed by atoms with Crippen LogP contribution in [-0.4, -0.2) is 20.7 Å². The molecule has 0 heterocycles. The second kappa shape index (κ2) is 7.31. The molecule has 1 fully saturated rings. The first-order valence-corrected chi connectivity index (χ1v) is 8.31. The van der Waals surface area contributed by atoms with E-state index in [1.54, 1.807) is 7.11 Å². The minimum Gasteiger partial charge on any atom is -0.497 e. The topological polar surface area (TPSA) is 21.3 Å². The molecule has 2 atom stereocenters. The molecule has 0 radical (unpaired) electrons. The second-order valence-corrected chi connectivity index (χ2v) is 7.37. The van der Waals surface area contributed by atoms with Crippen LogP contribution in [0.1, 0.15) is 45.1 Å². The lowest BCUT2D eigenvalue weighted by Crippen LogP contribution is -2.35. The maximum absolute atomic E-state index is 5.23. The smallest absolute Gasteiger partial charge is 0.118 e. The van der Waals surface area contributed by atoms with Crippen LogP contribution in [0.25, 0.3) is 0 Å². The molecule has 1 aliphatic rings. The second-order valence-electron chi connectivity index (χ2n) is 7.37. The molecule has 2 rings (SSSR count). The van der Waals surface area contributed by atoms with Gasteiger partial charge in [-0.1, -0.05) is 26.0 Å². The number of hydrogen-bond donors (Lipinski definition) is 1. The number of ether oxygens (including phenoxy) is 1. The van der Waals surface area contributed by atoms with Crippen molar-refractivity contribution in [3.63, 3.8) is 0 Å². The molecule has 2 unspecified atom stereocenters. The first-order valence-electron chi connectivity index (χ1n) is 8.31. The van der Waals surface area contributed by atoms with Crippen LogP contribution >= 0.6 is 0 Å². The molecule has 1 aromatic rings. The Labute approximate surface area is 130 Å². The summed E-state index contributed by atoms with van der Waals surface area (Å²) in [6, 6.07) is 8.57. The lowest BCUT2D eigenvalue weighted by atomic mass is 9.65. The van der Waals surface area contributed by atoms with E-state index in [4.69, 9.17) is 4.74 Å². The Bertz CT molecular complexity index is 424. The van der Waals surface area contributed by atoms with Crippen molar-refractivity contribution in [2.45, 2.75) is 46.0 Å². The van der Waals surface area contributed by atoms with Gasteiger partial charge in [-0.25, -0.2) is 0 Å². The molecule has 1 N–H and O–H groups in total. The van der Waals surface area contributed by atoms with E-state index in [-0.39, 0.29) is 0 Å². The summed E-state index contributed by atoms with van der Waals surface area (Å²) >= 11 is 0. The van der Waals surface area contributed by atoms with Crippen LogP contribution in [0.15, 0.2) is 24.3 Å². The van der Waals surface area contributed by atoms with E-state index >= 15 is 0 Å². The van der Waals surface area contributed by atoms with E-state index in [9.17, 15) is 0 Å². The van der Waals surface area contributed by atoms with E-state index < -0.39 is 0 Å². The third-order valence-corrected chi connectivity index (χ3v) is 5.10. The fourth-order valence-corrected chi connectivity index (χ4v) is 3.80.